The summed E-state index contributed by atoms with van der Waals surface area (Å²) >= 11 is 0. The zero-order valence-corrected chi connectivity index (χ0v) is 10.7. The van der Waals surface area contributed by atoms with Crippen molar-refractivity contribution in [1.29, 1.82) is 0 Å². The zero-order chi connectivity index (χ0) is 13.9. The van der Waals surface area contributed by atoms with Gasteiger partial charge in [0.25, 0.3) is 0 Å². The molecule has 1 unspecified atom stereocenters. The summed E-state index contributed by atoms with van der Waals surface area (Å²) in [6.45, 7) is 1.19. The number of aliphatic hydroxyl groups is 2. The van der Waals surface area contributed by atoms with Crippen LogP contribution in [0.4, 0.5) is 0 Å². The highest BCUT2D eigenvalue weighted by Gasteiger charge is 2.19. The lowest BCUT2D eigenvalue weighted by Crippen LogP contribution is -2.44. The molecule has 6 heteroatoms. The predicted octanol–water partition coefficient (Wildman–Crippen LogP) is -0.104. The van der Waals surface area contributed by atoms with Gasteiger partial charge in [-0.25, -0.2) is 4.98 Å². The summed E-state index contributed by atoms with van der Waals surface area (Å²) in [4.78, 5) is 16.0. The number of aromatic nitrogens is 2. The van der Waals surface area contributed by atoms with Gasteiger partial charge in [0.1, 0.15) is 12.1 Å². The second kappa shape index (κ2) is 5.38. The molecule has 102 valence electrons. The summed E-state index contributed by atoms with van der Waals surface area (Å²) < 4.78 is 1.73. The van der Waals surface area contributed by atoms with Crippen molar-refractivity contribution in [1.82, 2.24) is 14.9 Å². The van der Waals surface area contributed by atoms with E-state index in [0.29, 0.717) is 0 Å². The Morgan fingerprint density at radius 1 is 1.47 bits per heavy atom. The monoisotopic (exact) mass is 263 g/mol. The van der Waals surface area contributed by atoms with Gasteiger partial charge in [0, 0.05) is 6.54 Å². The van der Waals surface area contributed by atoms with E-state index in [4.69, 9.17) is 5.11 Å². The molecule has 0 fully saturated rings. The van der Waals surface area contributed by atoms with Crippen LogP contribution in [0.15, 0.2) is 30.6 Å². The molecule has 0 saturated carbocycles. The van der Waals surface area contributed by atoms with Crippen molar-refractivity contribution in [2.75, 3.05) is 13.2 Å². The molecule has 1 atom stereocenters. The van der Waals surface area contributed by atoms with Crippen LogP contribution < -0.4 is 5.32 Å². The Labute approximate surface area is 110 Å². The fourth-order valence-electron chi connectivity index (χ4n) is 1.69. The standard InChI is InChI=1S/C13H17N3O3/c1-13(19,8-17)7-14-12(18)6-16-9-15-10-4-2-3-5-11(10)16/h2-5,9,17,19H,6-8H2,1H3,(H,14,18). The molecule has 1 amide bonds. The van der Waals surface area contributed by atoms with E-state index < -0.39 is 12.2 Å². The van der Waals surface area contributed by atoms with E-state index in [0.717, 1.165) is 11.0 Å². The molecule has 0 radical (unpaired) electrons. The van der Waals surface area contributed by atoms with E-state index in [9.17, 15) is 9.90 Å². The Hall–Kier alpha value is -1.92. The lowest BCUT2D eigenvalue weighted by molar-refractivity contribution is -0.123. The van der Waals surface area contributed by atoms with E-state index in [-0.39, 0.29) is 19.0 Å². The zero-order valence-electron chi connectivity index (χ0n) is 10.7. The van der Waals surface area contributed by atoms with E-state index in [1.54, 1.807) is 10.9 Å². The fourth-order valence-corrected chi connectivity index (χ4v) is 1.69. The number of aliphatic hydroxyl groups excluding tert-OH is 1. The van der Waals surface area contributed by atoms with Gasteiger partial charge in [-0.2, -0.15) is 0 Å². The van der Waals surface area contributed by atoms with Gasteiger partial charge in [-0.15, -0.1) is 0 Å². The quantitative estimate of drug-likeness (QED) is 0.702. The van der Waals surface area contributed by atoms with Gasteiger partial charge >= 0.3 is 0 Å². The Balaban J connectivity index is 1.99. The van der Waals surface area contributed by atoms with Gasteiger partial charge < -0.3 is 20.1 Å². The SMILES string of the molecule is CC(O)(CO)CNC(=O)Cn1cnc2ccccc21. The molecule has 2 aromatic rings. The van der Waals surface area contributed by atoms with Crippen molar-refractivity contribution < 1.29 is 15.0 Å². The minimum atomic E-state index is -1.30. The molecule has 0 spiro atoms. The number of benzene rings is 1. The number of amides is 1. The number of carbonyl (C=O) groups excluding carboxylic acids is 1. The third kappa shape index (κ3) is 3.30. The van der Waals surface area contributed by atoms with Crippen LogP contribution in [-0.2, 0) is 11.3 Å². The van der Waals surface area contributed by atoms with Crippen LogP contribution in [0.3, 0.4) is 0 Å². The Morgan fingerprint density at radius 2 is 2.21 bits per heavy atom. The van der Waals surface area contributed by atoms with Gasteiger partial charge in [-0.3, -0.25) is 4.79 Å². The largest absolute Gasteiger partial charge is 0.393 e. The number of nitrogens with one attached hydrogen (secondary N) is 1. The minimum Gasteiger partial charge on any atom is -0.393 e. The first-order valence-electron chi connectivity index (χ1n) is 6.02. The van der Waals surface area contributed by atoms with E-state index in [1.165, 1.54) is 6.92 Å². The molecule has 1 heterocycles. The summed E-state index contributed by atoms with van der Waals surface area (Å²) in [6, 6.07) is 7.53. The average Bonchev–Trinajstić information content (AvgIpc) is 2.80. The number of nitrogens with zero attached hydrogens (tertiary/aromatic N) is 2. The lowest BCUT2D eigenvalue weighted by Gasteiger charge is -2.20. The van der Waals surface area contributed by atoms with Crippen molar-refractivity contribution in [2.24, 2.45) is 0 Å². The first-order chi connectivity index (χ1) is 9.02. The number of para-hydroxylation sites is 2. The Kier molecular flexibility index (Phi) is 3.82. The van der Waals surface area contributed by atoms with Crippen LogP contribution in [0.25, 0.3) is 11.0 Å². The fraction of sp³-hybridized carbons (Fsp3) is 0.385. The number of fused-ring (bicyclic) bond motifs is 1. The van der Waals surface area contributed by atoms with E-state index >= 15 is 0 Å². The highest BCUT2D eigenvalue weighted by atomic mass is 16.3. The van der Waals surface area contributed by atoms with Crippen LogP contribution in [0.1, 0.15) is 6.92 Å². The normalized spacial score (nSPS) is 14.3. The van der Waals surface area contributed by atoms with Crippen LogP contribution in [0, 0.1) is 0 Å². The second-order valence-corrected chi connectivity index (χ2v) is 4.79. The molecular formula is C13H17N3O3. The third-order valence-electron chi connectivity index (χ3n) is 2.85. The molecule has 1 aromatic carbocycles. The van der Waals surface area contributed by atoms with Crippen LogP contribution >= 0.6 is 0 Å². The van der Waals surface area contributed by atoms with Crippen molar-refractivity contribution >= 4 is 16.9 Å². The molecule has 6 nitrogen and oxygen atoms in total. The van der Waals surface area contributed by atoms with Gasteiger partial charge in [0.15, 0.2) is 0 Å². The number of hydrogen-bond acceptors (Lipinski definition) is 4. The summed E-state index contributed by atoms with van der Waals surface area (Å²) in [6.07, 6.45) is 1.61. The molecule has 0 bridgehead atoms. The van der Waals surface area contributed by atoms with Gasteiger partial charge in [0.05, 0.1) is 24.0 Å². The highest BCUT2D eigenvalue weighted by molar-refractivity contribution is 5.80. The lowest BCUT2D eigenvalue weighted by atomic mass is 10.1. The van der Waals surface area contributed by atoms with E-state index in [1.807, 2.05) is 24.3 Å². The average molecular weight is 263 g/mol. The summed E-state index contributed by atoms with van der Waals surface area (Å²) in [5.74, 6) is -0.239. The summed E-state index contributed by atoms with van der Waals surface area (Å²) in [5, 5.41) is 21.1. The van der Waals surface area contributed by atoms with Crippen LogP contribution in [0.5, 0.6) is 0 Å². The topological polar surface area (TPSA) is 87.4 Å². The molecule has 0 aliphatic carbocycles. The molecular weight excluding hydrogens is 246 g/mol. The van der Waals surface area contributed by atoms with Gasteiger partial charge in [0.2, 0.25) is 5.91 Å². The van der Waals surface area contributed by atoms with Crippen LogP contribution in [0.2, 0.25) is 0 Å². The number of imidazole rings is 1. The number of rotatable bonds is 5. The Morgan fingerprint density at radius 3 is 2.95 bits per heavy atom. The summed E-state index contributed by atoms with van der Waals surface area (Å²) in [7, 11) is 0. The first-order valence-corrected chi connectivity index (χ1v) is 6.02. The van der Waals surface area contributed by atoms with Crippen molar-refractivity contribution in [3.8, 4) is 0 Å². The molecule has 1 aromatic heterocycles. The van der Waals surface area contributed by atoms with Crippen molar-refractivity contribution in [3.63, 3.8) is 0 Å². The number of carbonyl (C=O) groups is 1. The second-order valence-electron chi connectivity index (χ2n) is 4.79. The molecule has 19 heavy (non-hydrogen) atoms. The minimum absolute atomic E-state index is 0.00889. The first kappa shape index (κ1) is 13.5. The summed E-state index contributed by atoms with van der Waals surface area (Å²) in [5.41, 5.74) is 0.413. The van der Waals surface area contributed by atoms with Gasteiger partial charge in [-0.1, -0.05) is 12.1 Å². The predicted molar refractivity (Wildman–Crippen MR) is 70.5 cm³/mol. The Bertz CT molecular complexity index is 577. The molecule has 0 saturated heterocycles. The number of hydrogen-bond donors (Lipinski definition) is 3. The maximum absolute atomic E-state index is 11.8. The smallest absolute Gasteiger partial charge is 0.240 e. The van der Waals surface area contributed by atoms with Crippen LogP contribution in [-0.4, -0.2) is 44.4 Å². The third-order valence-corrected chi connectivity index (χ3v) is 2.85. The molecule has 2 rings (SSSR count). The molecule has 0 aliphatic rings. The molecule has 0 aliphatic heterocycles. The maximum atomic E-state index is 11.8. The van der Waals surface area contributed by atoms with Crippen molar-refractivity contribution in [2.45, 2.75) is 19.1 Å². The highest BCUT2D eigenvalue weighted by Crippen LogP contribution is 2.11. The van der Waals surface area contributed by atoms with E-state index in [2.05, 4.69) is 10.3 Å². The maximum Gasteiger partial charge on any atom is 0.240 e. The van der Waals surface area contributed by atoms with Crippen molar-refractivity contribution in [3.05, 3.63) is 30.6 Å². The van der Waals surface area contributed by atoms with Gasteiger partial charge in [-0.05, 0) is 19.1 Å². The molecule has 3 N–H and O–H groups in total.